The maximum atomic E-state index is 10.7. The Kier molecular flexibility index (Phi) is 2.86. The van der Waals surface area contributed by atoms with Gasteiger partial charge < -0.3 is 9.84 Å². The fourth-order valence-electron chi connectivity index (χ4n) is 0.744. The van der Waals surface area contributed by atoms with Crippen LogP contribution in [0, 0.1) is 0 Å². The summed E-state index contributed by atoms with van der Waals surface area (Å²) in [7, 11) is 0. The van der Waals surface area contributed by atoms with E-state index in [1.54, 1.807) is 30.3 Å². The molecule has 0 saturated carbocycles. The van der Waals surface area contributed by atoms with Crippen molar-refractivity contribution in [3.63, 3.8) is 0 Å². The van der Waals surface area contributed by atoms with Gasteiger partial charge >= 0.3 is 12.2 Å². The van der Waals surface area contributed by atoms with Gasteiger partial charge in [0.15, 0.2) is 0 Å². The standard InChI is InChI=1S/C8H7NO4/c10-7(13-8(11)12)9-6-4-2-1-3-5-6/h1-5H,(H,9,10)(H,11,12). The van der Waals surface area contributed by atoms with E-state index in [4.69, 9.17) is 5.11 Å². The number of nitrogens with one attached hydrogen (secondary N) is 1. The predicted molar refractivity (Wildman–Crippen MR) is 44.6 cm³/mol. The van der Waals surface area contributed by atoms with E-state index in [9.17, 15) is 9.59 Å². The number of hydrogen-bond acceptors (Lipinski definition) is 3. The predicted octanol–water partition coefficient (Wildman–Crippen LogP) is 1.91. The van der Waals surface area contributed by atoms with Crippen molar-refractivity contribution in [2.24, 2.45) is 0 Å². The van der Waals surface area contributed by atoms with Gasteiger partial charge in [0.1, 0.15) is 0 Å². The molecule has 5 heteroatoms. The molecule has 0 fully saturated rings. The summed E-state index contributed by atoms with van der Waals surface area (Å²) in [6.07, 6.45) is -2.65. The minimum Gasteiger partial charge on any atom is -0.449 e. The summed E-state index contributed by atoms with van der Waals surface area (Å²) >= 11 is 0. The van der Waals surface area contributed by atoms with Crippen LogP contribution in [0.2, 0.25) is 0 Å². The molecule has 0 spiro atoms. The molecular formula is C8H7NO4. The summed E-state index contributed by atoms with van der Waals surface area (Å²) in [5.74, 6) is 0. The largest absolute Gasteiger partial charge is 0.514 e. The second-order valence-electron chi connectivity index (χ2n) is 2.15. The highest BCUT2D eigenvalue weighted by Gasteiger charge is 2.06. The summed E-state index contributed by atoms with van der Waals surface area (Å²) in [5.41, 5.74) is 0.480. The highest BCUT2D eigenvalue weighted by atomic mass is 16.7. The van der Waals surface area contributed by atoms with Gasteiger partial charge in [0.05, 0.1) is 0 Å². The van der Waals surface area contributed by atoms with Gasteiger partial charge in [-0.1, -0.05) is 18.2 Å². The van der Waals surface area contributed by atoms with Crippen LogP contribution in [0.1, 0.15) is 0 Å². The zero-order valence-corrected chi connectivity index (χ0v) is 6.56. The van der Waals surface area contributed by atoms with E-state index in [0.717, 1.165) is 0 Å². The Morgan fingerprint density at radius 2 is 1.85 bits per heavy atom. The van der Waals surface area contributed by atoms with E-state index in [-0.39, 0.29) is 0 Å². The number of para-hydroxylation sites is 1. The maximum absolute atomic E-state index is 10.7. The van der Waals surface area contributed by atoms with Crippen LogP contribution in [0.5, 0.6) is 0 Å². The first-order valence-electron chi connectivity index (χ1n) is 3.45. The smallest absolute Gasteiger partial charge is 0.449 e. The molecule has 0 aliphatic carbocycles. The molecule has 0 bridgehead atoms. The van der Waals surface area contributed by atoms with Crippen LogP contribution in [-0.4, -0.2) is 17.4 Å². The SMILES string of the molecule is O=C(O)OC(=O)Nc1ccccc1. The number of carboxylic acid groups (broad SMARTS) is 1. The Hall–Kier alpha value is -2.04. The van der Waals surface area contributed by atoms with Crippen molar-refractivity contribution in [3.05, 3.63) is 30.3 Å². The van der Waals surface area contributed by atoms with Crippen molar-refractivity contribution in [2.45, 2.75) is 0 Å². The van der Waals surface area contributed by atoms with Crippen molar-refractivity contribution in [1.82, 2.24) is 0 Å². The molecule has 1 rings (SSSR count). The molecule has 0 unspecified atom stereocenters. The van der Waals surface area contributed by atoms with Crippen LogP contribution in [0.25, 0.3) is 0 Å². The lowest BCUT2D eigenvalue weighted by molar-refractivity contribution is 0.116. The molecule has 0 aromatic heterocycles. The van der Waals surface area contributed by atoms with Crippen LogP contribution in [0.15, 0.2) is 30.3 Å². The third-order valence-corrected chi connectivity index (χ3v) is 1.20. The van der Waals surface area contributed by atoms with Crippen LogP contribution in [0.4, 0.5) is 15.3 Å². The van der Waals surface area contributed by atoms with Gasteiger partial charge in [0.2, 0.25) is 0 Å². The minimum absolute atomic E-state index is 0.480. The lowest BCUT2D eigenvalue weighted by Crippen LogP contribution is -2.16. The summed E-state index contributed by atoms with van der Waals surface area (Å²) in [6.45, 7) is 0. The second kappa shape index (κ2) is 4.10. The number of hydrogen-bond donors (Lipinski definition) is 2. The van der Waals surface area contributed by atoms with Gasteiger partial charge in [-0.2, -0.15) is 0 Å². The second-order valence-corrected chi connectivity index (χ2v) is 2.15. The van der Waals surface area contributed by atoms with E-state index < -0.39 is 12.2 Å². The molecule has 1 amide bonds. The minimum atomic E-state index is -1.63. The normalized spacial score (nSPS) is 8.92. The fraction of sp³-hybridized carbons (Fsp3) is 0. The van der Waals surface area contributed by atoms with Crippen molar-refractivity contribution >= 4 is 17.9 Å². The Morgan fingerprint density at radius 3 is 2.38 bits per heavy atom. The van der Waals surface area contributed by atoms with Crippen molar-refractivity contribution in [1.29, 1.82) is 0 Å². The Labute approximate surface area is 73.9 Å². The third kappa shape index (κ3) is 3.24. The monoisotopic (exact) mass is 181 g/mol. The van der Waals surface area contributed by atoms with Crippen molar-refractivity contribution in [2.75, 3.05) is 5.32 Å². The molecular weight excluding hydrogens is 174 g/mol. The maximum Gasteiger partial charge on any atom is 0.514 e. The molecule has 5 nitrogen and oxygen atoms in total. The lowest BCUT2D eigenvalue weighted by Gasteiger charge is -2.01. The molecule has 0 radical (unpaired) electrons. The summed E-state index contributed by atoms with van der Waals surface area (Å²) in [6, 6.07) is 8.41. The Balaban J connectivity index is 2.50. The van der Waals surface area contributed by atoms with Gasteiger partial charge in [0, 0.05) is 5.69 Å². The van der Waals surface area contributed by atoms with E-state index in [1.165, 1.54) is 0 Å². The number of amides is 1. The highest BCUT2D eigenvalue weighted by Crippen LogP contribution is 2.04. The first kappa shape index (κ1) is 9.05. The van der Waals surface area contributed by atoms with Crippen LogP contribution in [-0.2, 0) is 4.74 Å². The van der Waals surface area contributed by atoms with Gasteiger partial charge in [0.25, 0.3) is 0 Å². The molecule has 1 aromatic rings. The zero-order valence-electron chi connectivity index (χ0n) is 6.56. The Bertz CT molecular complexity index is 309. The number of anilines is 1. The molecule has 0 saturated heterocycles. The quantitative estimate of drug-likeness (QED) is 0.512. The molecule has 0 aliphatic rings. The number of benzene rings is 1. The number of carbonyl (C=O) groups is 2. The van der Waals surface area contributed by atoms with E-state index in [1.807, 2.05) is 0 Å². The van der Waals surface area contributed by atoms with E-state index in [0.29, 0.717) is 5.69 Å². The summed E-state index contributed by atoms with van der Waals surface area (Å²) in [5, 5.41) is 10.3. The Morgan fingerprint density at radius 1 is 1.23 bits per heavy atom. The van der Waals surface area contributed by atoms with Gasteiger partial charge in [-0.15, -0.1) is 0 Å². The zero-order chi connectivity index (χ0) is 9.68. The molecule has 1 aromatic carbocycles. The molecule has 68 valence electrons. The summed E-state index contributed by atoms with van der Waals surface area (Å²) < 4.78 is 3.82. The third-order valence-electron chi connectivity index (χ3n) is 1.20. The van der Waals surface area contributed by atoms with E-state index in [2.05, 4.69) is 10.1 Å². The highest BCUT2D eigenvalue weighted by molar-refractivity contribution is 5.90. The topological polar surface area (TPSA) is 75.6 Å². The molecule has 0 aliphatic heterocycles. The van der Waals surface area contributed by atoms with Crippen LogP contribution >= 0.6 is 0 Å². The first-order chi connectivity index (χ1) is 6.18. The molecule has 0 atom stereocenters. The lowest BCUT2D eigenvalue weighted by atomic mass is 10.3. The van der Waals surface area contributed by atoms with Crippen molar-refractivity contribution < 1.29 is 19.4 Å². The molecule has 0 heterocycles. The van der Waals surface area contributed by atoms with Crippen LogP contribution in [0.3, 0.4) is 0 Å². The average Bonchev–Trinajstić information content (AvgIpc) is 2.04. The van der Waals surface area contributed by atoms with Crippen LogP contribution < -0.4 is 5.32 Å². The summed E-state index contributed by atoms with van der Waals surface area (Å²) in [4.78, 5) is 20.6. The fourth-order valence-corrected chi connectivity index (χ4v) is 0.744. The van der Waals surface area contributed by atoms with Gasteiger partial charge in [-0.3, -0.25) is 5.32 Å². The number of ether oxygens (including phenoxy) is 1. The number of rotatable bonds is 1. The first-order valence-corrected chi connectivity index (χ1v) is 3.45. The van der Waals surface area contributed by atoms with Crippen molar-refractivity contribution in [3.8, 4) is 0 Å². The van der Waals surface area contributed by atoms with E-state index >= 15 is 0 Å². The average molecular weight is 181 g/mol. The number of carbonyl (C=O) groups excluding carboxylic acids is 1. The van der Waals surface area contributed by atoms with Gasteiger partial charge in [-0.25, -0.2) is 9.59 Å². The molecule has 2 N–H and O–H groups in total. The van der Waals surface area contributed by atoms with Gasteiger partial charge in [-0.05, 0) is 12.1 Å². The molecule has 13 heavy (non-hydrogen) atoms.